The van der Waals surface area contributed by atoms with Crippen LogP contribution in [-0.2, 0) is 17.6 Å². The number of halogens is 4. The maximum Gasteiger partial charge on any atom is 0.416 e. The quantitative estimate of drug-likeness (QED) is 0.206. The molecule has 0 aliphatic carbocycles. The average Bonchev–Trinajstić information content (AvgIpc) is 2.76. The number of rotatable bonds is 6. The number of anilines is 1. The van der Waals surface area contributed by atoms with Gasteiger partial charge in [-0.05, 0) is 77.0 Å². The number of amides is 1. The van der Waals surface area contributed by atoms with Crippen molar-refractivity contribution < 1.29 is 22.7 Å². The van der Waals surface area contributed by atoms with Gasteiger partial charge >= 0.3 is 6.18 Å². The summed E-state index contributed by atoms with van der Waals surface area (Å²) in [6, 6.07) is 19.2. The first kappa shape index (κ1) is 24.3. The van der Waals surface area contributed by atoms with Crippen LogP contribution in [0.25, 0.3) is 6.08 Å². The molecule has 1 amide bonds. The van der Waals surface area contributed by atoms with Crippen LogP contribution in [0.4, 0.5) is 18.9 Å². The van der Waals surface area contributed by atoms with Gasteiger partial charge in [0.05, 0.1) is 9.13 Å². The van der Waals surface area contributed by atoms with Crippen molar-refractivity contribution in [1.29, 1.82) is 5.26 Å². The predicted octanol–water partition coefficient (Wildman–Crippen LogP) is 6.74. The van der Waals surface area contributed by atoms with Crippen molar-refractivity contribution in [1.82, 2.24) is 0 Å². The lowest BCUT2D eigenvalue weighted by molar-refractivity contribution is -0.137. The molecule has 3 aromatic carbocycles. The molecule has 0 aliphatic heterocycles. The Morgan fingerprint density at radius 1 is 1.12 bits per heavy atom. The second-order valence-electron chi connectivity index (χ2n) is 7.17. The van der Waals surface area contributed by atoms with Crippen molar-refractivity contribution in [2.24, 2.45) is 0 Å². The lowest BCUT2D eigenvalue weighted by Gasteiger charge is -2.10. The van der Waals surface area contributed by atoms with Gasteiger partial charge in [0.15, 0.2) is 0 Å². The molecular weight excluding hydrogens is 544 g/mol. The minimum Gasteiger partial charge on any atom is -0.488 e. The smallest absolute Gasteiger partial charge is 0.416 e. The molecule has 4 nitrogen and oxygen atoms in total. The van der Waals surface area contributed by atoms with E-state index < -0.39 is 17.6 Å². The van der Waals surface area contributed by atoms with Crippen LogP contribution in [0.2, 0.25) is 0 Å². The van der Waals surface area contributed by atoms with E-state index in [1.165, 1.54) is 18.2 Å². The first-order valence-electron chi connectivity index (χ1n) is 9.74. The monoisotopic (exact) mass is 562 g/mol. The van der Waals surface area contributed by atoms with Gasteiger partial charge in [0.25, 0.3) is 5.91 Å². The number of nitrogens with zero attached hydrogens (tertiary/aromatic N) is 1. The highest BCUT2D eigenvalue weighted by Crippen LogP contribution is 2.31. The number of aryl methyl sites for hydroxylation is 1. The van der Waals surface area contributed by atoms with Crippen LogP contribution < -0.4 is 10.1 Å². The minimum absolute atomic E-state index is 0.0505. The third kappa shape index (κ3) is 6.83. The highest BCUT2D eigenvalue weighted by Gasteiger charge is 2.30. The largest absolute Gasteiger partial charge is 0.488 e. The van der Waals surface area contributed by atoms with E-state index in [-0.39, 0.29) is 11.3 Å². The molecule has 0 bridgehead atoms. The molecule has 0 saturated carbocycles. The minimum atomic E-state index is -4.53. The molecule has 0 heterocycles. The van der Waals surface area contributed by atoms with E-state index in [4.69, 9.17) is 4.74 Å². The Morgan fingerprint density at radius 3 is 2.55 bits per heavy atom. The third-order valence-corrected chi connectivity index (χ3v) is 5.40. The van der Waals surface area contributed by atoms with Gasteiger partial charge in [-0.3, -0.25) is 4.79 Å². The van der Waals surface area contributed by atoms with Gasteiger partial charge < -0.3 is 10.1 Å². The van der Waals surface area contributed by atoms with Crippen LogP contribution in [0.5, 0.6) is 5.75 Å². The van der Waals surface area contributed by atoms with Gasteiger partial charge in [0.1, 0.15) is 24.0 Å². The molecule has 0 radical (unpaired) electrons. The average molecular weight is 562 g/mol. The lowest BCUT2D eigenvalue weighted by Crippen LogP contribution is -2.14. The Morgan fingerprint density at radius 2 is 1.88 bits per heavy atom. The fraction of sp³-hybridized carbons (Fsp3) is 0.120. The summed E-state index contributed by atoms with van der Waals surface area (Å²) in [7, 11) is 0. The van der Waals surface area contributed by atoms with Crippen LogP contribution in [0.3, 0.4) is 0 Å². The summed E-state index contributed by atoms with van der Waals surface area (Å²) in [6.07, 6.45) is -3.16. The Balaban J connectivity index is 1.72. The molecule has 0 aliphatic rings. The summed E-state index contributed by atoms with van der Waals surface area (Å²) in [5, 5.41) is 11.7. The number of carbonyl (C=O) groups excluding carboxylic acids is 1. The predicted molar refractivity (Wildman–Crippen MR) is 128 cm³/mol. The molecule has 168 valence electrons. The second kappa shape index (κ2) is 10.5. The van der Waals surface area contributed by atoms with E-state index >= 15 is 0 Å². The molecule has 0 atom stereocenters. The van der Waals surface area contributed by atoms with Gasteiger partial charge in [-0.1, -0.05) is 42.0 Å². The zero-order valence-corrected chi connectivity index (χ0v) is 19.6. The molecule has 33 heavy (non-hydrogen) atoms. The van der Waals surface area contributed by atoms with Crippen molar-refractivity contribution in [2.45, 2.75) is 19.7 Å². The van der Waals surface area contributed by atoms with Crippen LogP contribution in [0.15, 0.2) is 72.3 Å². The van der Waals surface area contributed by atoms with E-state index in [9.17, 15) is 23.2 Å². The molecule has 3 aromatic rings. The van der Waals surface area contributed by atoms with Crippen LogP contribution in [0.1, 0.15) is 22.3 Å². The van der Waals surface area contributed by atoms with E-state index in [0.29, 0.717) is 17.9 Å². The number of carbonyl (C=O) groups is 1. The van der Waals surface area contributed by atoms with Gasteiger partial charge in [0, 0.05) is 5.69 Å². The van der Waals surface area contributed by atoms with E-state index in [1.807, 2.05) is 31.2 Å². The van der Waals surface area contributed by atoms with Gasteiger partial charge in [-0.25, -0.2) is 0 Å². The van der Waals surface area contributed by atoms with Crippen molar-refractivity contribution in [3.8, 4) is 11.8 Å². The van der Waals surface area contributed by atoms with Crippen LogP contribution >= 0.6 is 22.6 Å². The SMILES string of the molecule is Cc1cccc(COc2ccc(/C=C(/C#N)C(=O)Nc3cccc(C(F)(F)F)c3)cc2I)c1. The first-order chi connectivity index (χ1) is 15.7. The standard InChI is InChI=1S/C25H18F3IN2O2/c1-16-4-2-5-18(10-16)15-33-23-9-8-17(12-22(23)29)11-19(14-30)24(32)31-21-7-3-6-20(13-21)25(26,27)28/h2-13H,15H2,1H3,(H,31,32)/b19-11-. The maximum absolute atomic E-state index is 12.9. The van der Waals surface area contributed by atoms with Gasteiger partial charge in [-0.2, -0.15) is 18.4 Å². The number of hydrogen-bond acceptors (Lipinski definition) is 3. The Labute approximate surface area is 202 Å². The summed E-state index contributed by atoms with van der Waals surface area (Å²) in [5.41, 5.74) is 1.57. The van der Waals surface area contributed by atoms with Crippen molar-refractivity contribution in [3.63, 3.8) is 0 Å². The fourth-order valence-electron chi connectivity index (χ4n) is 2.97. The molecule has 0 unspecified atom stereocenters. The number of ether oxygens (including phenoxy) is 1. The number of hydrogen-bond donors (Lipinski definition) is 1. The van der Waals surface area contributed by atoms with Crippen molar-refractivity contribution in [2.75, 3.05) is 5.32 Å². The number of nitrogens with one attached hydrogen (secondary N) is 1. The van der Waals surface area contributed by atoms with E-state index in [2.05, 4.69) is 27.9 Å². The summed E-state index contributed by atoms with van der Waals surface area (Å²) < 4.78 is 45.3. The number of alkyl halides is 3. The fourth-order valence-corrected chi connectivity index (χ4v) is 3.67. The molecule has 0 aromatic heterocycles. The molecular formula is C25H18F3IN2O2. The lowest BCUT2D eigenvalue weighted by atomic mass is 10.1. The Kier molecular flexibility index (Phi) is 7.76. The molecule has 1 N–H and O–H groups in total. The maximum atomic E-state index is 12.9. The third-order valence-electron chi connectivity index (χ3n) is 4.56. The van der Waals surface area contributed by atoms with Crippen LogP contribution in [-0.4, -0.2) is 5.91 Å². The Bertz CT molecular complexity index is 1250. The van der Waals surface area contributed by atoms with Crippen molar-refractivity contribution in [3.05, 3.63) is 98.1 Å². The molecule has 0 spiro atoms. The normalized spacial score (nSPS) is 11.6. The molecule has 0 fully saturated rings. The summed E-state index contributed by atoms with van der Waals surface area (Å²) in [4.78, 5) is 12.4. The zero-order valence-electron chi connectivity index (χ0n) is 17.4. The summed E-state index contributed by atoms with van der Waals surface area (Å²) in [6.45, 7) is 2.40. The van der Waals surface area contributed by atoms with Gasteiger partial charge in [-0.15, -0.1) is 0 Å². The van der Waals surface area contributed by atoms with E-state index in [0.717, 1.165) is 26.8 Å². The highest BCUT2D eigenvalue weighted by molar-refractivity contribution is 14.1. The number of nitriles is 1. The topological polar surface area (TPSA) is 62.1 Å². The zero-order chi connectivity index (χ0) is 24.0. The molecule has 8 heteroatoms. The highest BCUT2D eigenvalue weighted by atomic mass is 127. The number of benzene rings is 3. The second-order valence-corrected chi connectivity index (χ2v) is 8.33. The molecule has 3 rings (SSSR count). The first-order valence-corrected chi connectivity index (χ1v) is 10.8. The summed E-state index contributed by atoms with van der Waals surface area (Å²) >= 11 is 2.10. The van der Waals surface area contributed by atoms with Crippen molar-refractivity contribution >= 4 is 40.3 Å². The van der Waals surface area contributed by atoms with Gasteiger partial charge in [0.2, 0.25) is 0 Å². The Hall–Kier alpha value is -3.32. The van der Waals surface area contributed by atoms with E-state index in [1.54, 1.807) is 24.3 Å². The summed E-state index contributed by atoms with van der Waals surface area (Å²) in [5.74, 6) is -0.146. The molecule has 0 saturated heterocycles. The van der Waals surface area contributed by atoms with Crippen LogP contribution in [0, 0.1) is 21.8 Å².